The van der Waals surface area contributed by atoms with Crippen LogP contribution in [0.25, 0.3) is 6.08 Å². The number of thiocarbonyl (C=S) groups is 1. The average molecular weight is 262 g/mol. The van der Waals surface area contributed by atoms with Crippen LogP contribution in [0.15, 0.2) is 30.0 Å². The summed E-state index contributed by atoms with van der Waals surface area (Å²) in [5, 5.41) is 3.37. The summed E-state index contributed by atoms with van der Waals surface area (Å²) < 4.78 is 5.14. The van der Waals surface area contributed by atoms with Crippen molar-refractivity contribution in [1.29, 1.82) is 0 Å². The number of nitrogens with zero attached hydrogens (tertiary/aromatic N) is 1. The zero-order valence-electron chi connectivity index (χ0n) is 10.3. The van der Waals surface area contributed by atoms with Gasteiger partial charge >= 0.3 is 0 Å². The summed E-state index contributed by atoms with van der Waals surface area (Å²) in [6, 6.07) is 7.50. The summed E-state index contributed by atoms with van der Waals surface area (Å²) in [6.45, 7) is 2.46. The zero-order valence-corrected chi connectivity index (χ0v) is 11.1. The van der Waals surface area contributed by atoms with Crippen LogP contribution >= 0.6 is 12.2 Å². The lowest BCUT2D eigenvalue weighted by Crippen LogP contribution is -2.30. The number of methoxy groups -OCH3 is 1. The Kier molecular flexibility index (Phi) is 3.62. The van der Waals surface area contributed by atoms with Crippen LogP contribution in [0.4, 0.5) is 0 Å². The van der Waals surface area contributed by atoms with Crippen molar-refractivity contribution in [3.63, 3.8) is 0 Å². The highest BCUT2D eigenvalue weighted by Gasteiger charge is 2.28. The minimum Gasteiger partial charge on any atom is -0.497 e. The summed E-state index contributed by atoms with van der Waals surface area (Å²) >= 11 is 5.09. The normalized spacial score (nSPS) is 17.2. The molecule has 94 valence electrons. The lowest BCUT2D eigenvalue weighted by Gasteiger charge is -2.08. The van der Waals surface area contributed by atoms with Crippen molar-refractivity contribution >= 4 is 29.3 Å². The van der Waals surface area contributed by atoms with E-state index in [4.69, 9.17) is 17.0 Å². The Morgan fingerprint density at radius 1 is 1.50 bits per heavy atom. The van der Waals surface area contributed by atoms with Gasteiger partial charge < -0.3 is 10.1 Å². The van der Waals surface area contributed by atoms with E-state index in [-0.39, 0.29) is 5.91 Å². The number of likely N-dealkylation sites (N-methyl/N-ethyl adjacent to an activating group) is 1. The number of carbonyl (C=O) groups is 1. The van der Waals surface area contributed by atoms with Gasteiger partial charge in [0.2, 0.25) is 0 Å². The van der Waals surface area contributed by atoms with Crippen LogP contribution in [0.3, 0.4) is 0 Å². The SMILES string of the molecule is CCN1C(=O)/C(=C\c2cccc(OC)c2)NC1=S. The maximum atomic E-state index is 12.0. The highest BCUT2D eigenvalue weighted by atomic mass is 32.1. The Labute approximate surface area is 111 Å². The van der Waals surface area contributed by atoms with Crippen molar-refractivity contribution in [3.05, 3.63) is 35.5 Å². The molecule has 5 heteroatoms. The van der Waals surface area contributed by atoms with Gasteiger partial charge in [0, 0.05) is 6.54 Å². The van der Waals surface area contributed by atoms with Crippen LogP contribution in [0.5, 0.6) is 5.75 Å². The summed E-state index contributed by atoms with van der Waals surface area (Å²) in [7, 11) is 1.61. The first-order chi connectivity index (χ1) is 8.65. The van der Waals surface area contributed by atoms with Crippen LogP contribution in [-0.4, -0.2) is 29.6 Å². The van der Waals surface area contributed by atoms with Gasteiger partial charge in [0.1, 0.15) is 11.4 Å². The second-order valence-corrected chi connectivity index (χ2v) is 4.20. The molecule has 0 atom stereocenters. The molecule has 0 saturated carbocycles. The Balaban J connectivity index is 2.28. The number of nitrogens with one attached hydrogen (secondary N) is 1. The molecular weight excluding hydrogens is 248 g/mol. The van der Waals surface area contributed by atoms with Crippen molar-refractivity contribution in [3.8, 4) is 5.75 Å². The first-order valence-electron chi connectivity index (χ1n) is 5.64. The summed E-state index contributed by atoms with van der Waals surface area (Å²) in [6.07, 6.45) is 1.77. The van der Waals surface area contributed by atoms with Crippen molar-refractivity contribution < 1.29 is 9.53 Å². The third kappa shape index (κ3) is 2.36. The molecular formula is C13H14N2O2S. The molecule has 1 aromatic rings. The van der Waals surface area contributed by atoms with E-state index < -0.39 is 0 Å². The first kappa shape index (κ1) is 12.6. The maximum Gasteiger partial charge on any atom is 0.276 e. The quantitative estimate of drug-likeness (QED) is 0.666. The van der Waals surface area contributed by atoms with Crippen LogP contribution < -0.4 is 10.1 Å². The number of carbonyl (C=O) groups excluding carboxylic acids is 1. The summed E-state index contributed by atoms with van der Waals surface area (Å²) in [4.78, 5) is 13.5. The molecule has 1 amide bonds. The predicted octanol–water partition coefficient (Wildman–Crippen LogP) is 1.77. The van der Waals surface area contributed by atoms with Gasteiger partial charge in [-0.3, -0.25) is 9.69 Å². The highest BCUT2D eigenvalue weighted by Crippen LogP contribution is 2.17. The minimum atomic E-state index is -0.0923. The number of hydrogen-bond acceptors (Lipinski definition) is 3. The maximum absolute atomic E-state index is 12.0. The van der Waals surface area contributed by atoms with Crippen LogP contribution in [0.1, 0.15) is 12.5 Å². The Bertz CT molecular complexity index is 525. The molecule has 0 unspecified atom stereocenters. The molecule has 1 fully saturated rings. The number of rotatable bonds is 3. The van der Waals surface area contributed by atoms with Crippen molar-refractivity contribution in [1.82, 2.24) is 10.2 Å². The summed E-state index contributed by atoms with van der Waals surface area (Å²) in [5.74, 6) is 0.662. The van der Waals surface area contributed by atoms with E-state index in [0.717, 1.165) is 11.3 Å². The number of benzene rings is 1. The van der Waals surface area contributed by atoms with Crippen LogP contribution in [0.2, 0.25) is 0 Å². The van der Waals surface area contributed by atoms with Gasteiger partial charge in [0.05, 0.1) is 7.11 Å². The molecule has 0 spiro atoms. The average Bonchev–Trinajstić information content (AvgIpc) is 2.64. The molecule has 0 aromatic heterocycles. The Morgan fingerprint density at radius 3 is 2.89 bits per heavy atom. The van der Waals surface area contributed by atoms with Gasteiger partial charge in [-0.25, -0.2) is 0 Å². The fourth-order valence-electron chi connectivity index (χ4n) is 1.76. The van der Waals surface area contributed by atoms with E-state index in [9.17, 15) is 4.79 Å². The third-order valence-electron chi connectivity index (χ3n) is 2.68. The number of hydrogen-bond donors (Lipinski definition) is 1. The van der Waals surface area contributed by atoms with Crippen LogP contribution in [-0.2, 0) is 4.79 Å². The molecule has 1 aliphatic heterocycles. The molecule has 1 heterocycles. The molecule has 0 bridgehead atoms. The minimum absolute atomic E-state index is 0.0923. The van der Waals surface area contributed by atoms with Gasteiger partial charge in [-0.1, -0.05) is 12.1 Å². The fraction of sp³-hybridized carbons (Fsp3) is 0.231. The molecule has 4 nitrogen and oxygen atoms in total. The van der Waals surface area contributed by atoms with Gasteiger partial charge in [-0.2, -0.15) is 0 Å². The molecule has 2 rings (SSSR count). The second-order valence-electron chi connectivity index (χ2n) is 3.81. The van der Waals surface area contributed by atoms with E-state index >= 15 is 0 Å². The topological polar surface area (TPSA) is 41.6 Å². The highest BCUT2D eigenvalue weighted by molar-refractivity contribution is 7.80. The predicted molar refractivity (Wildman–Crippen MR) is 74.1 cm³/mol. The van der Waals surface area contributed by atoms with Crippen molar-refractivity contribution in [2.24, 2.45) is 0 Å². The van der Waals surface area contributed by atoms with E-state index in [0.29, 0.717) is 17.4 Å². The molecule has 1 aromatic carbocycles. The smallest absolute Gasteiger partial charge is 0.276 e. The van der Waals surface area contributed by atoms with Gasteiger partial charge in [-0.15, -0.1) is 0 Å². The standard InChI is InChI=1S/C13H14N2O2S/c1-3-15-12(16)11(14-13(15)18)8-9-5-4-6-10(7-9)17-2/h4-8H,3H2,1-2H3,(H,14,18)/b11-8+. The van der Waals surface area contributed by atoms with Crippen molar-refractivity contribution in [2.45, 2.75) is 6.92 Å². The lowest BCUT2D eigenvalue weighted by molar-refractivity contribution is -0.122. The molecule has 1 saturated heterocycles. The summed E-state index contributed by atoms with van der Waals surface area (Å²) in [5.41, 5.74) is 1.39. The Hall–Kier alpha value is -1.88. The second kappa shape index (κ2) is 5.18. The molecule has 0 radical (unpaired) electrons. The van der Waals surface area contributed by atoms with Gasteiger partial charge in [0.25, 0.3) is 5.91 Å². The van der Waals surface area contributed by atoms with Crippen LogP contribution in [0, 0.1) is 0 Å². The fourth-order valence-corrected chi connectivity index (χ4v) is 2.08. The number of amides is 1. The molecule has 0 aliphatic carbocycles. The molecule has 1 N–H and O–H groups in total. The van der Waals surface area contributed by atoms with E-state index in [1.807, 2.05) is 31.2 Å². The lowest BCUT2D eigenvalue weighted by atomic mass is 10.2. The van der Waals surface area contributed by atoms with E-state index in [1.165, 1.54) is 4.90 Å². The molecule has 1 aliphatic rings. The molecule has 18 heavy (non-hydrogen) atoms. The monoisotopic (exact) mass is 262 g/mol. The number of ether oxygens (including phenoxy) is 1. The van der Waals surface area contributed by atoms with Crippen molar-refractivity contribution in [2.75, 3.05) is 13.7 Å². The zero-order chi connectivity index (χ0) is 13.1. The van der Waals surface area contributed by atoms with E-state index in [1.54, 1.807) is 13.2 Å². The van der Waals surface area contributed by atoms with E-state index in [2.05, 4.69) is 5.32 Å². The van der Waals surface area contributed by atoms with Gasteiger partial charge in [0.15, 0.2) is 5.11 Å². The third-order valence-corrected chi connectivity index (χ3v) is 3.01. The largest absolute Gasteiger partial charge is 0.497 e. The first-order valence-corrected chi connectivity index (χ1v) is 6.05. The Morgan fingerprint density at radius 2 is 2.28 bits per heavy atom. The van der Waals surface area contributed by atoms with Gasteiger partial charge in [-0.05, 0) is 42.9 Å².